The number of allylic oxidation sites excluding steroid dienone is 2. The zero-order valence-corrected chi connectivity index (χ0v) is 31.1. The Morgan fingerprint density at radius 2 is 1.48 bits per heavy atom. The number of aliphatic hydroxyl groups is 7. The number of fused-ring (bicyclic) bond motifs is 5. The Morgan fingerprint density at radius 3 is 2.18 bits per heavy atom. The minimum Gasteiger partial charge on any atom is -0.394 e. The van der Waals surface area contributed by atoms with Crippen LogP contribution in [0.15, 0.2) is 11.6 Å². The molecule has 0 aromatic heterocycles. The van der Waals surface area contributed by atoms with Crippen LogP contribution in [-0.4, -0.2) is 110 Å². The predicted octanol–water partition coefficient (Wildman–Crippen LogP) is 3.70. The molecular formula is C40H68O10. The summed E-state index contributed by atoms with van der Waals surface area (Å²) in [6.45, 7) is 11.3. The Morgan fingerprint density at radius 1 is 0.780 bits per heavy atom. The average Bonchev–Trinajstić information content (AvgIpc) is 3.45. The summed E-state index contributed by atoms with van der Waals surface area (Å²) in [6.07, 6.45) is 3.40. The molecule has 3 saturated carbocycles. The van der Waals surface area contributed by atoms with E-state index < -0.39 is 74.4 Å². The average molecular weight is 709 g/mol. The van der Waals surface area contributed by atoms with Crippen molar-refractivity contribution >= 4 is 0 Å². The molecule has 0 radical (unpaired) electrons. The van der Waals surface area contributed by atoms with Gasteiger partial charge in [0.15, 0.2) is 6.29 Å². The number of hydrogen-bond acceptors (Lipinski definition) is 10. The number of rotatable bonds is 11. The maximum atomic E-state index is 11.5. The summed E-state index contributed by atoms with van der Waals surface area (Å²) in [4.78, 5) is 0. The molecule has 0 aromatic carbocycles. The molecule has 6 rings (SSSR count). The number of ether oxygens (including phenoxy) is 3. The Balaban J connectivity index is 1.10. The van der Waals surface area contributed by atoms with Gasteiger partial charge in [-0.25, -0.2) is 0 Å². The van der Waals surface area contributed by atoms with Crippen LogP contribution < -0.4 is 0 Å². The second-order valence-corrected chi connectivity index (χ2v) is 18.3. The van der Waals surface area contributed by atoms with Gasteiger partial charge in [0.1, 0.15) is 48.8 Å². The van der Waals surface area contributed by atoms with Crippen molar-refractivity contribution < 1.29 is 50.0 Å². The maximum absolute atomic E-state index is 11.5. The third-order valence-electron chi connectivity index (χ3n) is 15.1. The zero-order chi connectivity index (χ0) is 36.1. The summed E-state index contributed by atoms with van der Waals surface area (Å²) in [5.74, 6) is 4.94. The van der Waals surface area contributed by atoms with Crippen molar-refractivity contribution in [1.29, 1.82) is 0 Å². The SMILES string of the molecule is CC(C)CCC[C@@H](C)[C@H]1CC[C@H]2[C@@H]3CC=C4C[C@@H](CC5OC(CO)C(O)C(OC6OC(CO)C(O)C(O)C6O)C5O)CC[C@]4(C)[C@H]3CC[C@]12C. The molecule has 0 spiro atoms. The van der Waals surface area contributed by atoms with E-state index in [9.17, 15) is 35.7 Å². The van der Waals surface area contributed by atoms with Gasteiger partial charge in [-0.3, -0.25) is 0 Å². The van der Waals surface area contributed by atoms with Crippen LogP contribution in [0.5, 0.6) is 0 Å². The van der Waals surface area contributed by atoms with Gasteiger partial charge in [0.25, 0.3) is 0 Å². The monoisotopic (exact) mass is 708 g/mol. The van der Waals surface area contributed by atoms with Crippen LogP contribution in [0, 0.1) is 52.3 Å². The first-order valence-corrected chi connectivity index (χ1v) is 20.0. The van der Waals surface area contributed by atoms with E-state index in [1.807, 2.05) is 0 Å². The van der Waals surface area contributed by atoms with E-state index in [2.05, 4.69) is 40.7 Å². The van der Waals surface area contributed by atoms with Gasteiger partial charge in [0, 0.05) is 0 Å². The van der Waals surface area contributed by atoms with E-state index in [1.54, 1.807) is 5.57 Å². The Labute approximate surface area is 299 Å². The molecule has 2 saturated heterocycles. The van der Waals surface area contributed by atoms with Gasteiger partial charge in [-0.15, -0.1) is 0 Å². The Hall–Kier alpha value is -0.660. The maximum Gasteiger partial charge on any atom is 0.187 e. The van der Waals surface area contributed by atoms with Crippen LogP contribution in [0.3, 0.4) is 0 Å². The summed E-state index contributed by atoms with van der Waals surface area (Å²) in [5.41, 5.74) is 2.19. The zero-order valence-electron chi connectivity index (χ0n) is 31.1. The lowest BCUT2D eigenvalue weighted by Crippen LogP contribution is -2.64. The van der Waals surface area contributed by atoms with Crippen molar-refractivity contribution in [2.75, 3.05) is 13.2 Å². The van der Waals surface area contributed by atoms with Crippen LogP contribution in [0.25, 0.3) is 0 Å². The van der Waals surface area contributed by atoms with Crippen molar-refractivity contribution in [3.05, 3.63) is 11.6 Å². The highest BCUT2D eigenvalue weighted by atomic mass is 16.7. The highest BCUT2D eigenvalue weighted by molar-refractivity contribution is 5.25. The van der Waals surface area contributed by atoms with Crippen molar-refractivity contribution in [3.63, 3.8) is 0 Å². The van der Waals surface area contributed by atoms with Crippen LogP contribution in [0.2, 0.25) is 0 Å². The number of aliphatic hydroxyl groups excluding tert-OH is 7. The highest BCUT2D eigenvalue weighted by Crippen LogP contribution is 2.67. The van der Waals surface area contributed by atoms with Gasteiger partial charge in [-0.2, -0.15) is 0 Å². The second kappa shape index (κ2) is 15.6. The molecule has 0 amide bonds. The van der Waals surface area contributed by atoms with Gasteiger partial charge in [-0.05, 0) is 110 Å². The van der Waals surface area contributed by atoms with Crippen LogP contribution >= 0.6 is 0 Å². The first-order valence-electron chi connectivity index (χ1n) is 20.0. The minimum absolute atomic E-state index is 0.187. The number of hydrogen-bond donors (Lipinski definition) is 7. The van der Waals surface area contributed by atoms with Crippen molar-refractivity contribution in [2.24, 2.45) is 52.3 Å². The lowest BCUT2D eigenvalue weighted by molar-refractivity contribution is -0.342. The lowest BCUT2D eigenvalue weighted by atomic mass is 9.46. The molecule has 4 aliphatic carbocycles. The first-order chi connectivity index (χ1) is 23.7. The fourth-order valence-electron chi connectivity index (χ4n) is 12.1. The normalized spacial score (nSPS) is 49.9. The van der Waals surface area contributed by atoms with E-state index in [0.717, 1.165) is 55.3 Å². The molecule has 50 heavy (non-hydrogen) atoms. The molecule has 2 heterocycles. The van der Waals surface area contributed by atoms with Gasteiger partial charge in [-0.1, -0.05) is 65.5 Å². The lowest BCUT2D eigenvalue weighted by Gasteiger charge is -2.59. The van der Waals surface area contributed by atoms with Gasteiger partial charge in [0.2, 0.25) is 0 Å². The summed E-state index contributed by atoms with van der Waals surface area (Å²) < 4.78 is 17.5. The van der Waals surface area contributed by atoms with Crippen molar-refractivity contribution in [3.8, 4) is 0 Å². The van der Waals surface area contributed by atoms with Crippen LogP contribution in [0.1, 0.15) is 112 Å². The third-order valence-corrected chi connectivity index (χ3v) is 15.1. The molecule has 10 nitrogen and oxygen atoms in total. The van der Waals surface area contributed by atoms with E-state index in [1.165, 1.54) is 44.9 Å². The van der Waals surface area contributed by atoms with Crippen molar-refractivity contribution in [2.45, 2.75) is 173 Å². The summed E-state index contributed by atoms with van der Waals surface area (Å²) >= 11 is 0. The van der Waals surface area contributed by atoms with Gasteiger partial charge in [0.05, 0.1) is 19.3 Å². The summed E-state index contributed by atoms with van der Waals surface area (Å²) in [7, 11) is 0. The third kappa shape index (κ3) is 7.14. The largest absolute Gasteiger partial charge is 0.394 e. The second-order valence-electron chi connectivity index (χ2n) is 18.3. The fourth-order valence-corrected chi connectivity index (χ4v) is 12.1. The molecule has 10 unspecified atom stereocenters. The molecule has 7 N–H and O–H groups in total. The van der Waals surface area contributed by atoms with Crippen LogP contribution in [-0.2, 0) is 14.2 Å². The van der Waals surface area contributed by atoms with Crippen molar-refractivity contribution in [1.82, 2.24) is 0 Å². The predicted molar refractivity (Wildman–Crippen MR) is 188 cm³/mol. The molecule has 6 aliphatic rings. The highest BCUT2D eigenvalue weighted by Gasteiger charge is 2.59. The Bertz CT molecular complexity index is 1160. The van der Waals surface area contributed by atoms with E-state index in [4.69, 9.17) is 14.2 Å². The topological polar surface area (TPSA) is 169 Å². The van der Waals surface area contributed by atoms with E-state index >= 15 is 0 Å². The quantitative estimate of drug-likeness (QED) is 0.157. The van der Waals surface area contributed by atoms with E-state index in [0.29, 0.717) is 17.8 Å². The van der Waals surface area contributed by atoms with Gasteiger partial charge < -0.3 is 50.0 Å². The standard InChI is InChI=1S/C40H68O10/c1-21(2)7-6-8-22(3)26-11-12-27-25-10-9-24-17-23(13-15-39(24,4)28(25)14-16-40(26,27)5)18-29-33(44)37(34(45)31(20-42)48-29)50-38-36(47)35(46)32(43)30(19-41)49-38/h9,21-23,25-38,41-47H,6-8,10-20H2,1-5H3/t22-,23+,25+,26-,27+,28+,29?,30?,31?,32?,33?,34?,35?,36?,37?,38?,39+,40-/m1/s1. The smallest absolute Gasteiger partial charge is 0.187 e. The molecule has 2 aliphatic heterocycles. The molecule has 0 bridgehead atoms. The van der Waals surface area contributed by atoms with Crippen LogP contribution in [0.4, 0.5) is 0 Å². The molecule has 10 heteroatoms. The molecule has 18 atom stereocenters. The minimum atomic E-state index is -1.68. The Kier molecular flexibility index (Phi) is 12.2. The summed E-state index contributed by atoms with van der Waals surface area (Å²) in [5, 5.41) is 73.1. The molecule has 288 valence electrons. The molecule has 0 aromatic rings. The molecule has 5 fully saturated rings. The summed E-state index contributed by atoms with van der Waals surface area (Å²) in [6, 6.07) is 0. The van der Waals surface area contributed by atoms with E-state index in [-0.39, 0.29) is 11.3 Å². The molecular weight excluding hydrogens is 640 g/mol. The first kappa shape index (κ1) is 39.0. The van der Waals surface area contributed by atoms with Gasteiger partial charge >= 0.3 is 0 Å². The fraction of sp³-hybridized carbons (Fsp3) is 0.950.